The lowest BCUT2D eigenvalue weighted by Crippen LogP contribution is -2.28. The van der Waals surface area contributed by atoms with Crippen LogP contribution in [0, 0.1) is 5.82 Å². The van der Waals surface area contributed by atoms with Crippen LogP contribution in [0.4, 0.5) is 10.1 Å². The molecule has 10 heteroatoms. The molecule has 0 saturated heterocycles. The van der Waals surface area contributed by atoms with Gasteiger partial charge in [0.1, 0.15) is 5.82 Å². The molecule has 178 valence electrons. The second kappa shape index (κ2) is 10.3. The number of methoxy groups -OCH3 is 1. The smallest absolute Gasteiger partial charge is 0.233 e. The van der Waals surface area contributed by atoms with Gasteiger partial charge in [-0.3, -0.25) is 14.2 Å². The molecule has 1 fully saturated rings. The second-order valence-corrected chi connectivity index (χ2v) is 9.13. The predicted molar refractivity (Wildman–Crippen MR) is 128 cm³/mol. The number of rotatable bonds is 9. The summed E-state index contributed by atoms with van der Waals surface area (Å²) in [5.74, 6) is 0.799. The van der Waals surface area contributed by atoms with Crippen molar-refractivity contribution in [3.8, 4) is 11.4 Å². The van der Waals surface area contributed by atoms with Crippen molar-refractivity contribution in [2.24, 2.45) is 0 Å². The van der Waals surface area contributed by atoms with Gasteiger partial charge in [0.25, 0.3) is 0 Å². The Morgan fingerprint density at radius 1 is 1.24 bits per heavy atom. The zero-order valence-electron chi connectivity index (χ0n) is 19.2. The highest BCUT2D eigenvalue weighted by atomic mass is 32.2. The van der Waals surface area contributed by atoms with Crippen molar-refractivity contribution in [3.63, 3.8) is 0 Å². The largest absolute Gasteiger partial charge is 0.494 e. The Morgan fingerprint density at radius 3 is 2.71 bits per heavy atom. The van der Waals surface area contributed by atoms with Gasteiger partial charge in [-0.1, -0.05) is 23.9 Å². The van der Waals surface area contributed by atoms with Crippen LogP contribution in [0.5, 0.6) is 5.75 Å². The van der Waals surface area contributed by atoms with Crippen molar-refractivity contribution >= 4 is 29.3 Å². The standard InChI is InChI=1S/C24H26FN5O3S/c1-15(31)26-18-5-4-6-19(12-18)30-23(17-8-9-17)27-28-24(30)34-14-22(32)29(2)13-16-7-10-21(33-3)20(25)11-16/h4-7,10-12,17H,8-9,13-14H2,1-3H3,(H,26,31). The molecule has 4 rings (SSSR count). The summed E-state index contributed by atoms with van der Waals surface area (Å²) in [6.07, 6.45) is 2.10. The number of halogens is 1. The second-order valence-electron chi connectivity index (χ2n) is 8.19. The Kier molecular flexibility index (Phi) is 7.16. The number of aromatic nitrogens is 3. The fraction of sp³-hybridized carbons (Fsp3) is 0.333. The number of thioether (sulfide) groups is 1. The zero-order chi connectivity index (χ0) is 24.2. The molecule has 2 aromatic carbocycles. The molecule has 1 aromatic heterocycles. The summed E-state index contributed by atoms with van der Waals surface area (Å²) in [6, 6.07) is 12.1. The number of anilines is 1. The van der Waals surface area contributed by atoms with Gasteiger partial charge in [-0.15, -0.1) is 10.2 Å². The maximum atomic E-state index is 14.0. The SMILES string of the molecule is COc1ccc(CN(C)C(=O)CSc2nnc(C3CC3)n2-c2cccc(NC(C)=O)c2)cc1F. The van der Waals surface area contributed by atoms with E-state index in [1.54, 1.807) is 24.1 Å². The van der Waals surface area contributed by atoms with E-state index in [1.807, 2.05) is 28.8 Å². The van der Waals surface area contributed by atoms with E-state index in [2.05, 4.69) is 15.5 Å². The van der Waals surface area contributed by atoms with Crippen LogP contribution in [0.15, 0.2) is 47.6 Å². The molecule has 3 aromatic rings. The van der Waals surface area contributed by atoms with Gasteiger partial charge in [-0.05, 0) is 48.7 Å². The summed E-state index contributed by atoms with van der Waals surface area (Å²) in [5.41, 5.74) is 2.18. The van der Waals surface area contributed by atoms with Crippen molar-refractivity contribution in [1.29, 1.82) is 0 Å². The molecule has 0 bridgehead atoms. The monoisotopic (exact) mass is 483 g/mol. The molecular weight excluding hydrogens is 457 g/mol. The van der Waals surface area contributed by atoms with E-state index >= 15 is 0 Å². The Balaban J connectivity index is 1.47. The predicted octanol–water partition coefficient (Wildman–Crippen LogP) is 4.00. The molecule has 0 radical (unpaired) electrons. The molecule has 0 aliphatic heterocycles. The number of carbonyl (C=O) groups is 2. The summed E-state index contributed by atoms with van der Waals surface area (Å²) in [4.78, 5) is 25.8. The highest BCUT2D eigenvalue weighted by Gasteiger charge is 2.31. The van der Waals surface area contributed by atoms with E-state index in [0.29, 0.717) is 22.3 Å². The van der Waals surface area contributed by atoms with E-state index in [9.17, 15) is 14.0 Å². The maximum Gasteiger partial charge on any atom is 0.233 e. The van der Waals surface area contributed by atoms with Crippen LogP contribution in [0.1, 0.15) is 37.1 Å². The van der Waals surface area contributed by atoms with Crippen molar-refractivity contribution in [2.75, 3.05) is 25.2 Å². The third-order valence-corrected chi connectivity index (χ3v) is 6.33. The average Bonchev–Trinajstić information content (AvgIpc) is 3.56. The van der Waals surface area contributed by atoms with Gasteiger partial charge < -0.3 is 15.0 Å². The van der Waals surface area contributed by atoms with E-state index in [4.69, 9.17) is 4.74 Å². The molecule has 1 N–H and O–H groups in total. The first kappa shape index (κ1) is 23.7. The van der Waals surface area contributed by atoms with E-state index in [-0.39, 0.29) is 29.9 Å². The lowest BCUT2D eigenvalue weighted by Gasteiger charge is -2.18. The van der Waals surface area contributed by atoms with Crippen LogP contribution in [0.2, 0.25) is 0 Å². The molecule has 8 nitrogen and oxygen atoms in total. The van der Waals surface area contributed by atoms with Gasteiger partial charge >= 0.3 is 0 Å². The van der Waals surface area contributed by atoms with Gasteiger partial charge in [-0.25, -0.2) is 4.39 Å². The molecule has 0 atom stereocenters. The minimum absolute atomic E-state index is 0.115. The normalized spacial score (nSPS) is 12.9. The topological polar surface area (TPSA) is 89.3 Å². The summed E-state index contributed by atoms with van der Waals surface area (Å²) in [6.45, 7) is 1.74. The quantitative estimate of drug-likeness (QED) is 0.463. The number of carbonyl (C=O) groups excluding carboxylic acids is 2. The van der Waals surface area contributed by atoms with E-state index in [0.717, 1.165) is 24.4 Å². The van der Waals surface area contributed by atoms with Crippen LogP contribution in [0.25, 0.3) is 5.69 Å². The highest BCUT2D eigenvalue weighted by Crippen LogP contribution is 2.41. The van der Waals surface area contributed by atoms with Crippen molar-refractivity contribution in [1.82, 2.24) is 19.7 Å². The Labute approximate surface area is 201 Å². The molecule has 1 heterocycles. The Hall–Kier alpha value is -3.40. The van der Waals surface area contributed by atoms with Crippen LogP contribution in [0.3, 0.4) is 0 Å². The number of hydrogen-bond donors (Lipinski definition) is 1. The molecule has 0 unspecified atom stereocenters. The fourth-order valence-electron chi connectivity index (χ4n) is 3.56. The highest BCUT2D eigenvalue weighted by molar-refractivity contribution is 7.99. The Bertz CT molecular complexity index is 1210. The number of benzene rings is 2. The van der Waals surface area contributed by atoms with E-state index in [1.165, 1.54) is 31.9 Å². The molecule has 34 heavy (non-hydrogen) atoms. The number of nitrogens with one attached hydrogen (secondary N) is 1. The van der Waals surface area contributed by atoms with Crippen LogP contribution < -0.4 is 10.1 Å². The average molecular weight is 484 g/mol. The van der Waals surface area contributed by atoms with Crippen molar-refractivity contribution in [3.05, 3.63) is 59.7 Å². The minimum atomic E-state index is -0.461. The zero-order valence-corrected chi connectivity index (χ0v) is 20.1. The van der Waals surface area contributed by atoms with Gasteiger partial charge in [0, 0.05) is 32.1 Å². The first-order valence-corrected chi connectivity index (χ1v) is 11.9. The Morgan fingerprint density at radius 2 is 2.03 bits per heavy atom. The van der Waals surface area contributed by atoms with Crippen molar-refractivity contribution < 1.29 is 18.7 Å². The summed E-state index contributed by atoms with van der Waals surface area (Å²) in [7, 11) is 3.09. The third kappa shape index (κ3) is 5.56. The van der Waals surface area contributed by atoms with Gasteiger partial charge in [-0.2, -0.15) is 0 Å². The first-order valence-electron chi connectivity index (χ1n) is 10.9. The van der Waals surface area contributed by atoms with Crippen molar-refractivity contribution in [2.45, 2.75) is 37.4 Å². The summed E-state index contributed by atoms with van der Waals surface area (Å²) in [5, 5.41) is 12.1. The lowest BCUT2D eigenvalue weighted by molar-refractivity contribution is -0.127. The van der Waals surface area contributed by atoms with Crippen LogP contribution in [-0.4, -0.2) is 51.4 Å². The maximum absolute atomic E-state index is 14.0. The summed E-state index contributed by atoms with van der Waals surface area (Å²) >= 11 is 1.30. The number of nitrogens with zero attached hydrogens (tertiary/aromatic N) is 4. The molecule has 1 aliphatic rings. The van der Waals surface area contributed by atoms with Gasteiger partial charge in [0.15, 0.2) is 16.7 Å². The molecule has 0 spiro atoms. The minimum Gasteiger partial charge on any atom is -0.494 e. The molecular formula is C24H26FN5O3S. The molecule has 1 aliphatic carbocycles. The molecule has 1 saturated carbocycles. The number of amides is 2. The number of ether oxygens (including phenoxy) is 1. The fourth-order valence-corrected chi connectivity index (χ4v) is 4.46. The third-order valence-electron chi connectivity index (χ3n) is 5.41. The summed E-state index contributed by atoms with van der Waals surface area (Å²) < 4.78 is 20.9. The van der Waals surface area contributed by atoms with Crippen LogP contribution in [-0.2, 0) is 16.1 Å². The van der Waals surface area contributed by atoms with E-state index < -0.39 is 5.82 Å². The molecule has 2 amide bonds. The lowest BCUT2D eigenvalue weighted by atomic mass is 10.2. The van der Waals surface area contributed by atoms with Crippen LogP contribution >= 0.6 is 11.8 Å². The number of hydrogen-bond acceptors (Lipinski definition) is 6. The first-order chi connectivity index (χ1) is 16.4. The van der Waals surface area contributed by atoms with Gasteiger partial charge in [0.2, 0.25) is 11.8 Å². The van der Waals surface area contributed by atoms with Gasteiger partial charge in [0.05, 0.1) is 18.6 Å².